The number of ether oxygens (including phenoxy) is 1. The van der Waals surface area contributed by atoms with Crippen molar-refractivity contribution in [1.82, 2.24) is 19.4 Å². The van der Waals surface area contributed by atoms with Crippen molar-refractivity contribution in [1.29, 1.82) is 0 Å². The van der Waals surface area contributed by atoms with Crippen LogP contribution in [0.25, 0.3) is 16.6 Å². The minimum atomic E-state index is -0.445. The molecule has 222 valence electrons. The van der Waals surface area contributed by atoms with Gasteiger partial charge in [0.25, 0.3) is 5.56 Å². The number of benzene rings is 2. The van der Waals surface area contributed by atoms with Gasteiger partial charge in [0.2, 0.25) is 5.91 Å². The van der Waals surface area contributed by atoms with E-state index in [9.17, 15) is 14.0 Å². The Bertz CT molecular complexity index is 1300. The van der Waals surface area contributed by atoms with Gasteiger partial charge in [0, 0.05) is 32.6 Å². The molecular formula is C33H45FN4O3. The average molecular weight is 565 g/mol. The van der Waals surface area contributed by atoms with Gasteiger partial charge in [-0.25, -0.2) is 9.37 Å². The lowest BCUT2D eigenvalue weighted by atomic mass is 10.1. The van der Waals surface area contributed by atoms with E-state index in [2.05, 4.69) is 11.8 Å². The highest BCUT2D eigenvalue weighted by Gasteiger charge is 2.27. The number of unbranched alkanes of at least 4 members (excludes halogenated alkanes) is 6. The maximum atomic E-state index is 13.8. The molecule has 41 heavy (non-hydrogen) atoms. The lowest BCUT2D eigenvalue weighted by Crippen LogP contribution is -2.41. The second-order valence-corrected chi connectivity index (χ2v) is 11.0. The van der Waals surface area contributed by atoms with E-state index in [1.807, 2.05) is 30.0 Å². The van der Waals surface area contributed by atoms with Gasteiger partial charge < -0.3 is 9.64 Å². The van der Waals surface area contributed by atoms with Crippen LogP contribution in [0.5, 0.6) is 0 Å². The predicted octanol–water partition coefficient (Wildman–Crippen LogP) is 6.28. The SMILES string of the molecule is CCCCCCCCCC(=O)N(CCCN1CCOCC1)C(C)c1nc2ccccc2c(=O)n1-c1ccc(F)cc1. The molecule has 0 bridgehead atoms. The number of hydrogen-bond donors (Lipinski definition) is 0. The summed E-state index contributed by atoms with van der Waals surface area (Å²) < 4.78 is 20.8. The zero-order valence-corrected chi connectivity index (χ0v) is 24.7. The summed E-state index contributed by atoms with van der Waals surface area (Å²) in [6.45, 7) is 8.90. The molecular weight excluding hydrogens is 519 g/mol. The molecule has 3 aromatic rings. The summed E-state index contributed by atoms with van der Waals surface area (Å²) in [6, 6.07) is 12.7. The van der Waals surface area contributed by atoms with E-state index in [4.69, 9.17) is 9.72 Å². The zero-order valence-electron chi connectivity index (χ0n) is 24.7. The first-order chi connectivity index (χ1) is 20.0. The molecule has 0 N–H and O–H groups in total. The highest BCUT2D eigenvalue weighted by Crippen LogP contribution is 2.25. The Balaban J connectivity index is 1.59. The Hall–Kier alpha value is -3.10. The molecule has 1 saturated heterocycles. The average Bonchev–Trinajstić information content (AvgIpc) is 2.99. The molecule has 1 aromatic heterocycles. The maximum Gasteiger partial charge on any atom is 0.266 e. The number of carbonyl (C=O) groups is 1. The van der Waals surface area contributed by atoms with Gasteiger partial charge in [-0.15, -0.1) is 0 Å². The van der Waals surface area contributed by atoms with Crippen molar-refractivity contribution in [3.8, 4) is 5.69 Å². The molecule has 0 spiro atoms. The number of morpholine rings is 1. The van der Waals surface area contributed by atoms with Crippen molar-refractivity contribution in [2.24, 2.45) is 0 Å². The van der Waals surface area contributed by atoms with Crippen LogP contribution in [0.3, 0.4) is 0 Å². The standard InChI is InChI=1S/C33H45FN4O3/c1-3-4-5-6-7-8-9-15-31(39)37(21-12-20-36-22-24-41-25-23-36)26(2)32-35-30-14-11-10-13-29(30)33(40)38(32)28-18-16-27(34)17-19-28/h10-11,13-14,16-19,26H,3-9,12,15,20-25H2,1-2H3. The molecule has 1 unspecified atom stereocenters. The van der Waals surface area contributed by atoms with Gasteiger partial charge >= 0.3 is 0 Å². The fourth-order valence-corrected chi connectivity index (χ4v) is 5.61. The quantitative estimate of drug-likeness (QED) is 0.203. The highest BCUT2D eigenvalue weighted by molar-refractivity contribution is 5.79. The molecule has 1 aliphatic rings. The van der Waals surface area contributed by atoms with Crippen LogP contribution in [-0.2, 0) is 9.53 Å². The van der Waals surface area contributed by atoms with E-state index in [1.54, 1.807) is 22.8 Å². The first-order valence-corrected chi connectivity index (χ1v) is 15.4. The summed E-state index contributed by atoms with van der Waals surface area (Å²) in [5.41, 5.74) is 0.895. The molecule has 0 aliphatic carbocycles. The summed E-state index contributed by atoms with van der Waals surface area (Å²) in [6.07, 6.45) is 9.30. The highest BCUT2D eigenvalue weighted by atomic mass is 19.1. The van der Waals surface area contributed by atoms with Crippen LogP contribution in [0.2, 0.25) is 0 Å². The molecule has 0 radical (unpaired) electrons. The second kappa shape index (κ2) is 15.8. The molecule has 7 nitrogen and oxygen atoms in total. The van der Waals surface area contributed by atoms with Gasteiger partial charge in [-0.2, -0.15) is 0 Å². The molecule has 2 heterocycles. The number of halogens is 1. The number of fused-ring (bicyclic) bond motifs is 1. The molecule has 1 fully saturated rings. The largest absolute Gasteiger partial charge is 0.379 e. The number of para-hydroxylation sites is 1. The molecule has 1 atom stereocenters. The third kappa shape index (κ3) is 8.46. The normalized spacial score (nSPS) is 14.8. The molecule has 2 aromatic carbocycles. The number of amides is 1. The summed E-state index contributed by atoms with van der Waals surface area (Å²) in [7, 11) is 0. The fraction of sp³-hybridized carbons (Fsp3) is 0.545. The third-order valence-electron chi connectivity index (χ3n) is 8.02. The molecule has 4 rings (SSSR count). The number of nitrogens with zero attached hydrogens (tertiary/aromatic N) is 4. The van der Waals surface area contributed by atoms with Crippen molar-refractivity contribution in [2.75, 3.05) is 39.4 Å². The van der Waals surface area contributed by atoms with Gasteiger partial charge in [0.05, 0.1) is 35.8 Å². The lowest BCUT2D eigenvalue weighted by Gasteiger charge is -2.32. The van der Waals surface area contributed by atoms with Crippen LogP contribution < -0.4 is 5.56 Å². The molecule has 1 aliphatic heterocycles. The Morgan fingerprint density at radius 3 is 2.39 bits per heavy atom. The summed E-state index contributed by atoms with van der Waals surface area (Å²) in [5, 5.41) is 0.487. The van der Waals surface area contributed by atoms with Crippen molar-refractivity contribution in [3.05, 3.63) is 70.5 Å². The van der Waals surface area contributed by atoms with E-state index >= 15 is 0 Å². The van der Waals surface area contributed by atoms with Gasteiger partial charge in [0.1, 0.15) is 11.6 Å². The Kier molecular flexibility index (Phi) is 11.9. The lowest BCUT2D eigenvalue weighted by molar-refractivity contribution is -0.133. The van der Waals surface area contributed by atoms with Crippen molar-refractivity contribution in [2.45, 2.75) is 77.7 Å². The molecule has 0 saturated carbocycles. The Labute approximate surface area is 243 Å². The van der Waals surface area contributed by atoms with E-state index in [0.717, 1.165) is 58.5 Å². The van der Waals surface area contributed by atoms with Crippen molar-refractivity contribution < 1.29 is 13.9 Å². The van der Waals surface area contributed by atoms with Gasteiger partial charge in [-0.05, 0) is 56.2 Å². The monoisotopic (exact) mass is 564 g/mol. The Morgan fingerprint density at radius 1 is 0.976 bits per heavy atom. The number of carbonyl (C=O) groups excluding carboxylic acids is 1. The van der Waals surface area contributed by atoms with E-state index in [1.165, 1.54) is 37.8 Å². The number of rotatable bonds is 15. The van der Waals surface area contributed by atoms with Gasteiger partial charge in [0.15, 0.2) is 0 Å². The molecule has 1 amide bonds. The Morgan fingerprint density at radius 2 is 1.66 bits per heavy atom. The summed E-state index contributed by atoms with van der Waals surface area (Å²) in [4.78, 5) is 36.7. The third-order valence-corrected chi connectivity index (χ3v) is 8.02. The van der Waals surface area contributed by atoms with Gasteiger partial charge in [-0.1, -0.05) is 57.6 Å². The summed E-state index contributed by atoms with van der Waals surface area (Å²) >= 11 is 0. The maximum absolute atomic E-state index is 13.8. The van der Waals surface area contributed by atoms with E-state index in [0.29, 0.717) is 35.4 Å². The van der Waals surface area contributed by atoms with Crippen LogP contribution in [-0.4, -0.2) is 64.7 Å². The minimum absolute atomic E-state index is 0.0844. The van der Waals surface area contributed by atoms with Crippen LogP contribution in [0, 0.1) is 5.82 Å². The van der Waals surface area contributed by atoms with E-state index < -0.39 is 6.04 Å². The van der Waals surface area contributed by atoms with Crippen LogP contribution in [0.4, 0.5) is 4.39 Å². The first-order valence-electron chi connectivity index (χ1n) is 15.4. The van der Waals surface area contributed by atoms with Crippen LogP contribution in [0.15, 0.2) is 53.3 Å². The van der Waals surface area contributed by atoms with Crippen molar-refractivity contribution >= 4 is 16.8 Å². The van der Waals surface area contributed by atoms with E-state index in [-0.39, 0.29) is 17.3 Å². The topological polar surface area (TPSA) is 67.7 Å². The van der Waals surface area contributed by atoms with Crippen LogP contribution >= 0.6 is 0 Å². The smallest absolute Gasteiger partial charge is 0.266 e. The fourth-order valence-electron chi connectivity index (χ4n) is 5.61. The summed E-state index contributed by atoms with van der Waals surface area (Å²) in [5.74, 6) is 0.195. The predicted molar refractivity (Wildman–Crippen MR) is 162 cm³/mol. The zero-order chi connectivity index (χ0) is 29.0. The minimum Gasteiger partial charge on any atom is -0.379 e. The van der Waals surface area contributed by atoms with Crippen LogP contribution in [0.1, 0.15) is 83.5 Å². The first kappa shape index (κ1) is 30.8. The number of hydrogen-bond acceptors (Lipinski definition) is 5. The second-order valence-electron chi connectivity index (χ2n) is 11.0. The molecule has 8 heteroatoms. The van der Waals surface area contributed by atoms with Crippen molar-refractivity contribution in [3.63, 3.8) is 0 Å². The van der Waals surface area contributed by atoms with Gasteiger partial charge in [-0.3, -0.25) is 19.1 Å². The number of aromatic nitrogens is 2.